The minimum absolute atomic E-state index is 0.499. The van der Waals surface area contributed by atoms with Gasteiger partial charge in [0, 0.05) is 0 Å². The van der Waals surface area contributed by atoms with Gasteiger partial charge < -0.3 is 9.42 Å². The summed E-state index contributed by atoms with van der Waals surface area (Å²) < 4.78 is 16.3. The van der Waals surface area contributed by atoms with Gasteiger partial charge in [0.2, 0.25) is 0 Å². The van der Waals surface area contributed by atoms with Crippen molar-refractivity contribution in [2.24, 2.45) is 0 Å². The minimum atomic E-state index is -3.66. The zero-order valence-electron chi connectivity index (χ0n) is 11.3. The third-order valence-electron chi connectivity index (χ3n) is 2.98. The second-order valence-electron chi connectivity index (χ2n) is 4.67. The van der Waals surface area contributed by atoms with Crippen LogP contribution in [0.25, 0.3) is 0 Å². The Labute approximate surface area is 123 Å². The summed E-state index contributed by atoms with van der Waals surface area (Å²) in [5.41, 5.74) is 0.992. The summed E-state index contributed by atoms with van der Waals surface area (Å²) in [6.07, 6.45) is 4.62. The molecule has 0 aliphatic heterocycles. The average Bonchev–Trinajstić information content (AvgIpc) is 2.33. The van der Waals surface area contributed by atoms with Crippen LogP contribution in [0, 0.1) is 0 Å². The van der Waals surface area contributed by atoms with Gasteiger partial charge in [-0.25, -0.2) is 4.57 Å². The van der Waals surface area contributed by atoms with Crippen LogP contribution in [0.4, 0.5) is 0 Å². The lowest BCUT2D eigenvalue weighted by Crippen LogP contribution is -1.93. The fraction of sp³-hybridized carbons (Fsp3) is 0.571. The standard InChI is InChI=1S/C14H22BrO3P/c1-2-3-4-5-6-7-10-13-11-8-9-12-14(13)18-19(15,16)17/h8-9,11-12H,2-7,10H2,1H3,(H,16,17). The zero-order valence-corrected chi connectivity index (χ0v) is 13.8. The Kier molecular flexibility index (Phi) is 7.74. The van der Waals surface area contributed by atoms with Gasteiger partial charge >= 0.3 is 6.30 Å². The average molecular weight is 349 g/mol. The maximum Gasteiger partial charge on any atom is 0.444 e. The van der Waals surface area contributed by atoms with Gasteiger partial charge in [0.05, 0.1) is 15.5 Å². The molecular weight excluding hydrogens is 327 g/mol. The molecule has 0 amide bonds. The first-order chi connectivity index (χ1) is 9.03. The first kappa shape index (κ1) is 16.7. The summed E-state index contributed by atoms with van der Waals surface area (Å²) in [5, 5.41) is 0. The Morgan fingerprint density at radius 1 is 1.16 bits per heavy atom. The van der Waals surface area contributed by atoms with Crippen LogP contribution in [0.15, 0.2) is 24.3 Å². The second kappa shape index (κ2) is 8.78. The maximum atomic E-state index is 11.2. The molecule has 1 aromatic rings. The summed E-state index contributed by atoms with van der Waals surface area (Å²) >= 11 is 2.65. The van der Waals surface area contributed by atoms with Crippen LogP contribution in [0.2, 0.25) is 0 Å². The number of aryl methyl sites for hydroxylation is 1. The number of benzene rings is 1. The van der Waals surface area contributed by atoms with E-state index < -0.39 is 6.30 Å². The van der Waals surface area contributed by atoms with Crippen molar-refractivity contribution >= 4 is 21.8 Å². The quantitative estimate of drug-likeness (QED) is 0.475. The molecule has 0 heterocycles. The molecule has 0 spiro atoms. The zero-order chi connectivity index (χ0) is 14.1. The lowest BCUT2D eigenvalue weighted by Gasteiger charge is -2.11. The normalized spacial score (nSPS) is 14.1. The minimum Gasteiger partial charge on any atom is -0.417 e. The summed E-state index contributed by atoms with van der Waals surface area (Å²) in [6, 6.07) is 7.42. The van der Waals surface area contributed by atoms with E-state index in [2.05, 4.69) is 22.4 Å². The van der Waals surface area contributed by atoms with Gasteiger partial charge in [-0.15, -0.1) is 0 Å². The van der Waals surface area contributed by atoms with E-state index in [0.29, 0.717) is 5.75 Å². The Bertz CT molecular complexity index is 417. The summed E-state index contributed by atoms with van der Waals surface area (Å²) in [4.78, 5) is 9.21. The van der Waals surface area contributed by atoms with Gasteiger partial charge in [0.25, 0.3) is 0 Å². The van der Waals surface area contributed by atoms with Gasteiger partial charge in [-0.1, -0.05) is 57.2 Å². The number of unbranched alkanes of at least 4 members (excludes halogenated alkanes) is 5. The van der Waals surface area contributed by atoms with Crippen LogP contribution >= 0.6 is 21.8 Å². The first-order valence-electron chi connectivity index (χ1n) is 6.83. The Morgan fingerprint density at radius 2 is 1.79 bits per heavy atom. The monoisotopic (exact) mass is 348 g/mol. The van der Waals surface area contributed by atoms with E-state index in [1.807, 2.05) is 18.2 Å². The topological polar surface area (TPSA) is 46.5 Å². The predicted octanol–water partition coefficient (Wildman–Crippen LogP) is 5.46. The van der Waals surface area contributed by atoms with Crippen LogP contribution in [0.5, 0.6) is 5.75 Å². The van der Waals surface area contributed by atoms with E-state index in [-0.39, 0.29) is 0 Å². The second-order valence-corrected chi connectivity index (χ2v) is 8.44. The predicted molar refractivity (Wildman–Crippen MR) is 82.9 cm³/mol. The molecule has 0 radical (unpaired) electrons. The van der Waals surface area contributed by atoms with Crippen LogP contribution in [0.3, 0.4) is 0 Å². The summed E-state index contributed by atoms with van der Waals surface area (Å²) in [7, 11) is 0. The van der Waals surface area contributed by atoms with Crippen molar-refractivity contribution in [1.82, 2.24) is 0 Å². The van der Waals surface area contributed by atoms with E-state index in [1.165, 1.54) is 32.1 Å². The van der Waals surface area contributed by atoms with Gasteiger partial charge in [-0.2, -0.15) is 0 Å². The molecule has 0 bridgehead atoms. The Hall–Kier alpha value is -0.310. The third-order valence-corrected chi connectivity index (χ3v) is 3.84. The van der Waals surface area contributed by atoms with E-state index in [9.17, 15) is 9.46 Å². The highest BCUT2D eigenvalue weighted by molar-refractivity contribution is 9.39. The van der Waals surface area contributed by atoms with E-state index in [0.717, 1.165) is 18.4 Å². The van der Waals surface area contributed by atoms with Crippen molar-refractivity contribution in [2.45, 2.75) is 51.9 Å². The molecule has 0 aliphatic carbocycles. The lowest BCUT2D eigenvalue weighted by atomic mass is 10.0. The molecule has 19 heavy (non-hydrogen) atoms. The molecule has 0 saturated carbocycles. The number of rotatable bonds is 9. The number of hydrogen-bond acceptors (Lipinski definition) is 2. The Morgan fingerprint density at radius 3 is 2.47 bits per heavy atom. The molecule has 3 nitrogen and oxygen atoms in total. The highest BCUT2D eigenvalue weighted by atomic mass is 79.9. The van der Waals surface area contributed by atoms with Crippen molar-refractivity contribution in [1.29, 1.82) is 0 Å². The fourth-order valence-corrected chi connectivity index (χ4v) is 2.91. The van der Waals surface area contributed by atoms with Crippen molar-refractivity contribution in [3.63, 3.8) is 0 Å². The van der Waals surface area contributed by atoms with E-state index in [4.69, 9.17) is 4.52 Å². The molecule has 0 fully saturated rings. The molecule has 1 rings (SSSR count). The van der Waals surface area contributed by atoms with Crippen molar-refractivity contribution < 1.29 is 14.0 Å². The highest BCUT2D eigenvalue weighted by Gasteiger charge is 2.16. The van der Waals surface area contributed by atoms with Crippen LogP contribution in [0.1, 0.15) is 51.0 Å². The Balaban J connectivity index is 2.42. The van der Waals surface area contributed by atoms with Gasteiger partial charge in [-0.3, -0.25) is 0 Å². The fourth-order valence-electron chi connectivity index (χ4n) is 2.02. The largest absolute Gasteiger partial charge is 0.444 e. The summed E-state index contributed by atoms with van der Waals surface area (Å²) in [6.45, 7) is 2.21. The third kappa shape index (κ3) is 7.76. The molecular formula is C14H22BrO3P. The highest BCUT2D eigenvalue weighted by Crippen LogP contribution is 2.50. The molecule has 1 N–H and O–H groups in total. The maximum absolute atomic E-state index is 11.2. The molecule has 0 aromatic heterocycles. The molecule has 108 valence electrons. The molecule has 1 atom stereocenters. The van der Waals surface area contributed by atoms with Crippen molar-refractivity contribution in [2.75, 3.05) is 0 Å². The van der Waals surface area contributed by atoms with Crippen LogP contribution < -0.4 is 4.52 Å². The smallest absolute Gasteiger partial charge is 0.417 e. The molecule has 0 saturated heterocycles. The van der Waals surface area contributed by atoms with Gasteiger partial charge in [0.1, 0.15) is 5.75 Å². The lowest BCUT2D eigenvalue weighted by molar-refractivity contribution is 0.402. The van der Waals surface area contributed by atoms with Gasteiger partial charge in [0.15, 0.2) is 0 Å². The summed E-state index contributed by atoms with van der Waals surface area (Å²) in [5.74, 6) is 0.499. The van der Waals surface area contributed by atoms with Crippen molar-refractivity contribution in [3.05, 3.63) is 29.8 Å². The number of hydrogen-bond donors (Lipinski definition) is 1. The van der Waals surface area contributed by atoms with E-state index in [1.54, 1.807) is 6.07 Å². The first-order valence-corrected chi connectivity index (χ1v) is 10.4. The molecule has 1 aromatic carbocycles. The van der Waals surface area contributed by atoms with E-state index >= 15 is 0 Å². The van der Waals surface area contributed by atoms with Crippen LogP contribution in [-0.4, -0.2) is 4.89 Å². The molecule has 5 heteroatoms. The molecule has 0 aliphatic rings. The number of para-hydroxylation sites is 1. The van der Waals surface area contributed by atoms with Crippen molar-refractivity contribution in [3.8, 4) is 5.75 Å². The van der Waals surface area contributed by atoms with Crippen LogP contribution in [-0.2, 0) is 11.0 Å². The number of halogens is 1. The molecule has 1 unspecified atom stereocenters. The van der Waals surface area contributed by atoms with Gasteiger partial charge in [-0.05, 0) is 24.5 Å². The SMILES string of the molecule is CCCCCCCCc1ccccc1OP(=O)(O)Br.